The van der Waals surface area contributed by atoms with E-state index in [9.17, 15) is 4.79 Å². The molecule has 0 unspecified atom stereocenters. The van der Waals surface area contributed by atoms with Crippen molar-refractivity contribution in [3.8, 4) is 0 Å². The van der Waals surface area contributed by atoms with Crippen molar-refractivity contribution in [1.29, 1.82) is 0 Å². The zero-order valence-electron chi connectivity index (χ0n) is 12.4. The van der Waals surface area contributed by atoms with Gasteiger partial charge in [-0.25, -0.2) is 0 Å². The molecule has 3 rings (SSSR count). The van der Waals surface area contributed by atoms with E-state index in [-0.39, 0.29) is 5.91 Å². The minimum absolute atomic E-state index is 0.115. The van der Waals surface area contributed by atoms with Gasteiger partial charge in [-0.2, -0.15) is 0 Å². The van der Waals surface area contributed by atoms with Crippen LogP contribution in [-0.4, -0.2) is 42.1 Å². The lowest BCUT2D eigenvalue weighted by Crippen LogP contribution is -2.49. The van der Waals surface area contributed by atoms with Crippen molar-refractivity contribution in [2.75, 3.05) is 31.1 Å². The molecule has 5 heteroatoms. The summed E-state index contributed by atoms with van der Waals surface area (Å²) in [6, 6.07) is 9.66. The molecule has 1 fully saturated rings. The predicted octanol–water partition coefficient (Wildman–Crippen LogP) is 2.25. The molecule has 1 aromatic carbocycles. The van der Waals surface area contributed by atoms with Gasteiger partial charge in [-0.3, -0.25) is 4.79 Å². The average molecular weight is 285 g/mol. The third kappa shape index (κ3) is 2.77. The average Bonchev–Trinajstić information content (AvgIpc) is 2.94. The fourth-order valence-electron chi connectivity index (χ4n) is 2.62. The van der Waals surface area contributed by atoms with Gasteiger partial charge in [0.05, 0.1) is 0 Å². The number of hydrogen-bond acceptors (Lipinski definition) is 4. The number of nitrogens with zero attached hydrogens (tertiary/aromatic N) is 3. The molecule has 0 saturated carbocycles. The highest BCUT2D eigenvalue weighted by atomic mass is 16.5. The van der Waals surface area contributed by atoms with Crippen LogP contribution >= 0.6 is 0 Å². The highest BCUT2D eigenvalue weighted by Gasteiger charge is 2.24. The molecule has 21 heavy (non-hydrogen) atoms. The molecule has 0 atom stereocenters. The van der Waals surface area contributed by atoms with Crippen molar-refractivity contribution in [3.63, 3.8) is 0 Å². The van der Waals surface area contributed by atoms with Crippen molar-refractivity contribution in [2.24, 2.45) is 0 Å². The first-order chi connectivity index (χ1) is 10.1. The van der Waals surface area contributed by atoms with Gasteiger partial charge in [0, 0.05) is 37.8 Å². The van der Waals surface area contributed by atoms with E-state index in [0.717, 1.165) is 35.8 Å². The summed E-state index contributed by atoms with van der Waals surface area (Å²) in [7, 11) is 0. The van der Waals surface area contributed by atoms with Crippen molar-refractivity contribution in [1.82, 2.24) is 10.1 Å². The van der Waals surface area contributed by atoms with Crippen LogP contribution in [-0.2, 0) is 0 Å². The molecule has 1 aliphatic rings. The summed E-state index contributed by atoms with van der Waals surface area (Å²) in [6.45, 7) is 6.83. The number of benzene rings is 1. The van der Waals surface area contributed by atoms with Gasteiger partial charge in [0.2, 0.25) is 0 Å². The molecule has 110 valence electrons. The molecule has 1 amide bonds. The first kappa shape index (κ1) is 13.7. The monoisotopic (exact) mass is 285 g/mol. The highest BCUT2D eigenvalue weighted by molar-refractivity contribution is 5.95. The van der Waals surface area contributed by atoms with Crippen LogP contribution in [0, 0.1) is 13.8 Å². The van der Waals surface area contributed by atoms with Crippen LogP contribution in [0.5, 0.6) is 0 Å². The fraction of sp³-hybridized carbons (Fsp3) is 0.375. The second kappa shape index (κ2) is 5.60. The van der Waals surface area contributed by atoms with Crippen molar-refractivity contribution >= 4 is 11.7 Å². The number of carbonyl (C=O) groups is 1. The summed E-state index contributed by atoms with van der Waals surface area (Å²) >= 11 is 0. The van der Waals surface area contributed by atoms with Crippen LogP contribution in [0.25, 0.3) is 0 Å². The highest BCUT2D eigenvalue weighted by Crippen LogP contribution is 2.18. The lowest BCUT2D eigenvalue weighted by atomic mass is 10.1. The van der Waals surface area contributed by atoms with E-state index < -0.39 is 0 Å². The van der Waals surface area contributed by atoms with Gasteiger partial charge in [-0.05, 0) is 25.5 Å². The van der Waals surface area contributed by atoms with Gasteiger partial charge >= 0.3 is 0 Å². The molecule has 1 saturated heterocycles. The molecular formula is C16H19N3O2. The fourth-order valence-corrected chi connectivity index (χ4v) is 2.62. The largest absolute Gasteiger partial charge is 0.360 e. The maximum atomic E-state index is 12.5. The van der Waals surface area contributed by atoms with Gasteiger partial charge in [0.1, 0.15) is 5.76 Å². The molecule has 0 aliphatic carbocycles. The molecule has 2 heterocycles. The molecular weight excluding hydrogens is 266 g/mol. The number of amides is 1. The zero-order valence-corrected chi connectivity index (χ0v) is 12.4. The van der Waals surface area contributed by atoms with Crippen molar-refractivity contribution in [3.05, 3.63) is 47.2 Å². The van der Waals surface area contributed by atoms with E-state index >= 15 is 0 Å². The van der Waals surface area contributed by atoms with Gasteiger partial charge in [-0.1, -0.05) is 23.4 Å². The summed E-state index contributed by atoms with van der Waals surface area (Å²) in [4.78, 5) is 16.6. The summed E-state index contributed by atoms with van der Waals surface area (Å²) < 4.78 is 5.10. The lowest BCUT2D eigenvalue weighted by Gasteiger charge is -2.34. The maximum absolute atomic E-state index is 12.5. The zero-order chi connectivity index (χ0) is 14.8. The molecule has 0 bridgehead atoms. The van der Waals surface area contributed by atoms with E-state index in [2.05, 4.69) is 10.1 Å². The van der Waals surface area contributed by atoms with Gasteiger partial charge < -0.3 is 14.3 Å². The number of rotatable bonds is 2. The van der Waals surface area contributed by atoms with Crippen LogP contribution in [0.1, 0.15) is 21.7 Å². The Morgan fingerprint density at radius 2 is 1.86 bits per heavy atom. The summed E-state index contributed by atoms with van der Waals surface area (Å²) in [5, 5.41) is 4.03. The molecule has 2 aromatic rings. The third-order valence-corrected chi connectivity index (χ3v) is 3.88. The Kier molecular flexibility index (Phi) is 3.64. The third-order valence-electron chi connectivity index (χ3n) is 3.88. The minimum atomic E-state index is 0.115. The number of hydrogen-bond donors (Lipinski definition) is 0. The van der Waals surface area contributed by atoms with Gasteiger partial charge in [0.15, 0.2) is 5.82 Å². The number of aromatic nitrogens is 1. The SMILES string of the molecule is Cc1cc(N2CCN(C(=O)c3ccccc3C)CC2)no1. The van der Waals surface area contributed by atoms with E-state index in [4.69, 9.17) is 4.52 Å². The first-order valence-corrected chi connectivity index (χ1v) is 7.18. The van der Waals surface area contributed by atoms with E-state index in [1.54, 1.807) is 0 Å². The summed E-state index contributed by atoms with van der Waals surface area (Å²) in [5.41, 5.74) is 1.82. The van der Waals surface area contributed by atoms with Crippen LogP contribution in [0.2, 0.25) is 0 Å². The molecule has 0 spiro atoms. The number of piperazine rings is 1. The summed E-state index contributed by atoms with van der Waals surface area (Å²) in [6.07, 6.45) is 0. The van der Waals surface area contributed by atoms with E-state index in [1.807, 2.05) is 49.1 Å². The summed E-state index contributed by atoms with van der Waals surface area (Å²) in [5.74, 6) is 1.78. The lowest BCUT2D eigenvalue weighted by molar-refractivity contribution is 0.0745. The Balaban J connectivity index is 1.66. The molecule has 5 nitrogen and oxygen atoms in total. The number of anilines is 1. The second-order valence-electron chi connectivity index (χ2n) is 5.39. The van der Waals surface area contributed by atoms with Crippen molar-refractivity contribution in [2.45, 2.75) is 13.8 Å². The van der Waals surface area contributed by atoms with Gasteiger partial charge in [0.25, 0.3) is 5.91 Å². The Morgan fingerprint density at radius 3 is 2.48 bits per heavy atom. The van der Waals surface area contributed by atoms with Crippen LogP contribution in [0.3, 0.4) is 0 Å². The second-order valence-corrected chi connectivity index (χ2v) is 5.39. The van der Waals surface area contributed by atoms with E-state index in [1.165, 1.54) is 0 Å². The Morgan fingerprint density at radius 1 is 1.14 bits per heavy atom. The normalized spacial score (nSPS) is 15.3. The van der Waals surface area contributed by atoms with Crippen LogP contribution in [0.4, 0.5) is 5.82 Å². The predicted molar refractivity (Wildman–Crippen MR) is 80.5 cm³/mol. The van der Waals surface area contributed by atoms with Crippen LogP contribution < -0.4 is 4.90 Å². The van der Waals surface area contributed by atoms with Crippen molar-refractivity contribution < 1.29 is 9.32 Å². The Hall–Kier alpha value is -2.30. The first-order valence-electron chi connectivity index (χ1n) is 7.18. The van der Waals surface area contributed by atoms with E-state index in [0.29, 0.717) is 13.1 Å². The topological polar surface area (TPSA) is 49.6 Å². The minimum Gasteiger partial charge on any atom is -0.360 e. The number of aryl methyl sites for hydroxylation is 2. The Labute approximate surface area is 124 Å². The Bertz CT molecular complexity index is 642. The molecule has 0 radical (unpaired) electrons. The molecule has 1 aliphatic heterocycles. The van der Waals surface area contributed by atoms with Gasteiger partial charge in [-0.15, -0.1) is 0 Å². The number of carbonyl (C=O) groups excluding carboxylic acids is 1. The standard InChI is InChI=1S/C16H19N3O2/c1-12-5-3-4-6-14(12)16(20)19-9-7-18(8-10-19)15-11-13(2)21-17-15/h3-6,11H,7-10H2,1-2H3. The molecule has 0 N–H and O–H groups in total. The molecule has 1 aromatic heterocycles. The maximum Gasteiger partial charge on any atom is 0.254 e. The smallest absolute Gasteiger partial charge is 0.254 e. The van der Waals surface area contributed by atoms with Crippen LogP contribution in [0.15, 0.2) is 34.9 Å². The quantitative estimate of drug-likeness (QED) is 0.849.